The van der Waals surface area contributed by atoms with E-state index in [0.717, 1.165) is 12.1 Å². The summed E-state index contributed by atoms with van der Waals surface area (Å²) in [5.74, 6) is -6.91. The van der Waals surface area contributed by atoms with Gasteiger partial charge in [0, 0.05) is 18.7 Å². The predicted molar refractivity (Wildman–Crippen MR) is 107 cm³/mol. The number of hydrogen-bond donors (Lipinski definition) is 4. The van der Waals surface area contributed by atoms with Gasteiger partial charge in [0.25, 0.3) is 11.8 Å². The predicted octanol–water partition coefficient (Wildman–Crippen LogP) is 1.35. The molecule has 0 saturated carbocycles. The van der Waals surface area contributed by atoms with Gasteiger partial charge in [-0.25, -0.2) is 0 Å². The number of halogens is 2. The second-order valence-corrected chi connectivity index (χ2v) is 7.82. The Hall–Kier alpha value is -3.53. The van der Waals surface area contributed by atoms with Gasteiger partial charge in [-0.15, -0.1) is 0 Å². The van der Waals surface area contributed by atoms with E-state index < -0.39 is 41.3 Å². The van der Waals surface area contributed by atoms with Crippen molar-refractivity contribution in [3.05, 3.63) is 64.7 Å². The Morgan fingerprint density at radius 3 is 2.66 bits per heavy atom. The average Bonchev–Trinajstić information content (AvgIpc) is 3.07. The fourth-order valence-electron chi connectivity index (χ4n) is 3.99. The van der Waals surface area contributed by atoms with Crippen LogP contribution in [0.15, 0.2) is 42.5 Å². The SMILES string of the molecule is O=C1NC(O)CCC1N1Cc2cc(CNC(=O)C(F)(F)c3ccccc3O)ccc2C1=O. The maximum Gasteiger partial charge on any atom is 0.353 e. The highest BCUT2D eigenvalue weighted by atomic mass is 19.3. The van der Waals surface area contributed by atoms with Gasteiger partial charge in [-0.1, -0.05) is 24.3 Å². The molecule has 32 heavy (non-hydrogen) atoms. The van der Waals surface area contributed by atoms with Crippen molar-refractivity contribution in [1.29, 1.82) is 0 Å². The molecule has 0 aliphatic carbocycles. The zero-order valence-electron chi connectivity index (χ0n) is 16.8. The van der Waals surface area contributed by atoms with Gasteiger partial charge in [-0.05, 0) is 42.2 Å². The molecular formula is C22H21F2N3O5. The molecule has 4 N–H and O–H groups in total. The number of aliphatic hydroxyl groups excluding tert-OH is 1. The second-order valence-electron chi connectivity index (χ2n) is 7.82. The number of nitrogens with zero attached hydrogens (tertiary/aromatic N) is 1. The smallest absolute Gasteiger partial charge is 0.353 e. The standard InChI is InChI=1S/C22H21F2N3O5/c23-22(24,15-3-1-2-4-17(15)28)21(32)25-10-12-5-6-14-13(9-12)11-27(20(14)31)16-7-8-18(29)26-19(16)30/h1-6,9,16,18,28-29H,7-8,10-11H2,(H,25,32)(H,26,30). The fourth-order valence-corrected chi connectivity index (χ4v) is 3.99. The molecule has 8 nitrogen and oxygen atoms in total. The number of aromatic hydroxyl groups is 1. The first kappa shape index (κ1) is 21.7. The van der Waals surface area contributed by atoms with Crippen molar-refractivity contribution in [3.8, 4) is 5.75 Å². The monoisotopic (exact) mass is 445 g/mol. The number of carbonyl (C=O) groups excluding carboxylic acids is 3. The number of amides is 3. The number of nitrogens with one attached hydrogen (secondary N) is 2. The van der Waals surface area contributed by atoms with Crippen LogP contribution in [0.5, 0.6) is 5.75 Å². The molecule has 0 bridgehead atoms. The number of piperidine rings is 1. The topological polar surface area (TPSA) is 119 Å². The first-order chi connectivity index (χ1) is 15.2. The number of aliphatic hydroxyl groups is 1. The maximum absolute atomic E-state index is 14.4. The van der Waals surface area contributed by atoms with Crippen LogP contribution in [0, 0.1) is 0 Å². The quantitative estimate of drug-likeness (QED) is 0.554. The van der Waals surface area contributed by atoms with Gasteiger partial charge in [0.2, 0.25) is 5.91 Å². The first-order valence-corrected chi connectivity index (χ1v) is 10.0. The molecule has 2 atom stereocenters. The molecule has 168 valence electrons. The summed E-state index contributed by atoms with van der Waals surface area (Å²) >= 11 is 0. The number of rotatable bonds is 5. The van der Waals surface area contributed by atoms with Crippen molar-refractivity contribution >= 4 is 17.7 Å². The molecule has 1 saturated heterocycles. The number of carbonyl (C=O) groups is 3. The Morgan fingerprint density at radius 1 is 1.19 bits per heavy atom. The van der Waals surface area contributed by atoms with Crippen LogP contribution in [-0.4, -0.2) is 45.1 Å². The van der Waals surface area contributed by atoms with E-state index in [4.69, 9.17) is 0 Å². The van der Waals surface area contributed by atoms with Crippen LogP contribution < -0.4 is 10.6 Å². The van der Waals surface area contributed by atoms with E-state index in [1.807, 2.05) is 0 Å². The highest BCUT2D eigenvalue weighted by Gasteiger charge is 2.43. The molecule has 2 aliphatic heterocycles. The van der Waals surface area contributed by atoms with Crippen molar-refractivity contribution in [2.45, 2.75) is 44.1 Å². The number of phenols is 1. The molecule has 4 rings (SSSR count). The van der Waals surface area contributed by atoms with Gasteiger partial charge in [-0.2, -0.15) is 8.78 Å². The Morgan fingerprint density at radius 2 is 1.94 bits per heavy atom. The summed E-state index contributed by atoms with van der Waals surface area (Å²) in [7, 11) is 0. The molecule has 2 aromatic carbocycles. The zero-order valence-corrected chi connectivity index (χ0v) is 16.8. The largest absolute Gasteiger partial charge is 0.507 e. The second kappa shape index (κ2) is 8.19. The molecular weight excluding hydrogens is 424 g/mol. The van der Waals surface area contributed by atoms with Crippen LogP contribution in [0.2, 0.25) is 0 Å². The van der Waals surface area contributed by atoms with Crippen LogP contribution >= 0.6 is 0 Å². The van der Waals surface area contributed by atoms with Crippen LogP contribution in [-0.2, 0) is 28.6 Å². The maximum atomic E-state index is 14.4. The molecule has 0 aromatic heterocycles. The van der Waals surface area contributed by atoms with Gasteiger partial charge < -0.3 is 25.7 Å². The zero-order chi connectivity index (χ0) is 23.0. The summed E-state index contributed by atoms with van der Waals surface area (Å²) in [4.78, 5) is 38.4. The van der Waals surface area contributed by atoms with Gasteiger partial charge >= 0.3 is 5.92 Å². The van der Waals surface area contributed by atoms with E-state index >= 15 is 0 Å². The molecule has 1 fully saturated rings. The lowest BCUT2D eigenvalue weighted by molar-refractivity contribution is -0.147. The highest BCUT2D eigenvalue weighted by molar-refractivity contribution is 6.01. The molecule has 10 heteroatoms. The summed E-state index contributed by atoms with van der Waals surface area (Å²) < 4.78 is 28.9. The molecule has 2 aromatic rings. The summed E-state index contributed by atoms with van der Waals surface area (Å²) in [6.45, 7) is -0.0439. The first-order valence-electron chi connectivity index (χ1n) is 10.0. The van der Waals surface area contributed by atoms with E-state index in [1.54, 1.807) is 12.1 Å². The molecule has 0 spiro atoms. The van der Waals surface area contributed by atoms with Crippen molar-refractivity contribution in [2.75, 3.05) is 0 Å². The lowest BCUT2D eigenvalue weighted by atomic mass is 10.0. The minimum absolute atomic E-state index is 0.165. The number of fused-ring (bicyclic) bond motifs is 1. The van der Waals surface area contributed by atoms with Crippen molar-refractivity contribution in [3.63, 3.8) is 0 Å². The van der Waals surface area contributed by atoms with Crippen molar-refractivity contribution in [1.82, 2.24) is 15.5 Å². The third-order valence-electron chi connectivity index (χ3n) is 5.68. The number of phenolic OH excluding ortho intramolecular Hbond substituents is 1. The third kappa shape index (κ3) is 3.89. The van der Waals surface area contributed by atoms with E-state index in [-0.39, 0.29) is 19.0 Å². The minimum atomic E-state index is -3.92. The van der Waals surface area contributed by atoms with E-state index in [2.05, 4.69) is 10.6 Å². The minimum Gasteiger partial charge on any atom is -0.507 e. The van der Waals surface area contributed by atoms with Gasteiger partial charge in [0.05, 0.1) is 5.56 Å². The number of benzene rings is 2. The van der Waals surface area contributed by atoms with Crippen LogP contribution in [0.25, 0.3) is 0 Å². The fraction of sp³-hybridized carbons (Fsp3) is 0.318. The molecule has 2 heterocycles. The van der Waals surface area contributed by atoms with Gasteiger partial charge in [0.1, 0.15) is 18.0 Å². The Labute approximate surface area is 181 Å². The number of alkyl halides is 2. The molecule has 3 amide bonds. The van der Waals surface area contributed by atoms with Crippen molar-refractivity contribution < 1.29 is 33.4 Å². The average molecular weight is 445 g/mol. The third-order valence-corrected chi connectivity index (χ3v) is 5.68. The highest BCUT2D eigenvalue weighted by Crippen LogP contribution is 2.34. The summed E-state index contributed by atoms with van der Waals surface area (Å²) in [6.07, 6.45) is -0.263. The van der Waals surface area contributed by atoms with Crippen molar-refractivity contribution in [2.24, 2.45) is 0 Å². The molecule has 2 aliphatic rings. The van der Waals surface area contributed by atoms with E-state index in [1.165, 1.54) is 23.1 Å². The summed E-state index contributed by atoms with van der Waals surface area (Å²) in [6, 6.07) is 8.74. The number of hydrogen-bond acceptors (Lipinski definition) is 5. The Bertz CT molecular complexity index is 1090. The van der Waals surface area contributed by atoms with E-state index in [9.17, 15) is 33.4 Å². The van der Waals surface area contributed by atoms with Crippen LogP contribution in [0.4, 0.5) is 8.78 Å². The summed E-state index contributed by atoms with van der Waals surface area (Å²) in [5, 5.41) is 23.7. The normalized spacial score (nSPS) is 20.7. The summed E-state index contributed by atoms with van der Waals surface area (Å²) in [5.41, 5.74) is 0.735. The van der Waals surface area contributed by atoms with Gasteiger partial charge in [-0.3, -0.25) is 14.4 Å². The molecule has 0 radical (unpaired) electrons. The Balaban J connectivity index is 1.44. The lowest BCUT2D eigenvalue weighted by Crippen LogP contribution is -2.54. The number of para-hydroxylation sites is 1. The van der Waals surface area contributed by atoms with Gasteiger partial charge in [0.15, 0.2) is 0 Å². The van der Waals surface area contributed by atoms with E-state index in [0.29, 0.717) is 29.5 Å². The van der Waals surface area contributed by atoms with Crippen LogP contribution in [0.3, 0.4) is 0 Å². The molecule has 2 unspecified atom stereocenters. The van der Waals surface area contributed by atoms with Crippen LogP contribution in [0.1, 0.15) is 39.9 Å². The Kier molecular flexibility index (Phi) is 5.55. The lowest BCUT2D eigenvalue weighted by Gasteiger charge is -2.32.